The summed E-state index contributed by atoms with van der Waals surface area (Å²) in [6.07, 6.45) is -0.646. The molecule has 2 aromatic carbocycles. The molecule has 0 N–H and O–H groups in total. The maximum atomic E-state index is 12.2. The Balaban J connectivity index is 1.94. The summed E-state index contributed by atoms with van der Waals surface area (Å²) in [7, 11) is 1.73. The third-order valence-electron chi connectivity index (χ3n) is 3.74. The normalized spacial score (nSPS) is 12.7. The van der Waals surface area contributed by atoms with Crippen molar-refractivity contribution in [1.29, 1.82) is 0 Å². The van der Waals surface area contributed by atoms with Crippen LogP contribution in [0.25, 0.3) is 11.1 Å². The molecule has 0 bridgehead atoms. The van der Waals surface area contributed by atoms with Gasteiger partial charge in [0.25, 0.3) is 0 Å². The smallest absolute Gasteiger partial charge is 0.410 e. The first-order valence-electron chi connectivity index (χ1n) is 6.93. The topological polar surface area (TPSA) is 29.5 Å². The van der Waals surface area contributed by atoms with E-state index in [9.17, 15) is 4.79 Å². The lowest BCUT2D eigenvalue weighted by atomic mass is 10.1. The highest BCUT2D eigenvalue weighted by molar-refractivity contribution is 7.80. The van der Waals surface area contributed by atoms with E-state index in [-0.39, 0.29) is 12.2 Å². The van der Waals surface area contributed by atoms with Crippen molar-refractivity contribution in [2.75, 3.05) is 19.3 Å². The van der Waals surface area contributed by atoms with E-state index in [1.54, 1.807) is 11.9 Å². The summed E-state index contributed by atoms with van der Waals surface area (Å²) in [5.41, 5.74) is 4.38. The largest absolute Gasteiger partial charge is 0.436 e. The second-order valence-electron chi connectivity index (χ2n) is 5.08. The van der Waals surface area contributed by atoms with Gasteiger partial charge in [-0.15, -0.1) is 0 Å². The summed E-state index contributed by atoms with van der Waals surface area (Å²) >= 11 is 4.14. The van der Waals surface area contributed by atoms with Gasteiger partial charge in [0, 0.05) is 30.5 Å². The van der Waals surface area contributed by atoms with Gasteiger partial charge < -0.3 is 9.64 Å². The molecule has 1 amide bonds. The summed E-state index contributed by atoms with van der Waals surface area (Å²) in [6.45, 7) is 0.567. The van der Waals surface area contributed by atoms with Crippen LogP contribution in [-0.2, 0) is 4.74 Å². The highest BCUT2D eigenvalue weighted by Crippen LogP contribution is 2.45. The number of thiol groups is 1. The molecular weight excluding hydrogens is 282 g/mol. The van der Waals surface area contributed by atoms with Crippen LogP contribution in [0.15, 0.2) is 48.5 Å². The van der Waals surface area contributed by atoms with Gasteiger partial charge in [0.1, 0.15) is 0 Å². The molecule has 0 saturated heterocycles. The monoisotopic (exact) mass is 299 g/mol. The molecule has 0 heterocycles. The van der Waals surface area contributed by atoms with Crippen molar-refractivity contribution in [1.82, 2.24) is 4.90 Å². The van der Waals surface area contributed by atoms with Crippen LogP contribution in [0, 0.1) is 0 Å². The van der Waals surface area contributed by atoms with E-state index in [0.717, 1.165) is 22.3 Å². The van der Waals surface area contributed by atoms with E-state index in [4.69, 9.17) is 4.74 Å². The molecule has 0 aromatic heterocycles. The minimum absolute atomic E-state index is 0.319. The van der Waals surface area contributed by atoms with Gasteiger partial charge in [-0.1, -0.05) is 48.5 Å². The predicted octanol–water partition coefficient (Wildman–Crippen LogP) is 3.75. The second kappa shape index (κ2) is 5.82. The molecule has 0 atom stereocenters. The number of ether oxygens (including phenoxy) is 1. The Bertz CT molecular complexity index is 626. The Kier molecular flexibility index (Phi) is 3.88. The van der Waals surface area contributed by atoms with Gasteiger partial charge in [-0.05, 0) is 11.1 Å². The van der Waals surface area contributed by atoms with Crippen LogP contribution in [0.1, 0.15) is 17.2 Å². The summed E-state index contributed by atoms with van der Waals surface area (Å²) in [6, 6.07) is 16.1. The first-order chi connectivity index (χ1) is 10.2. The molecule has 0 fully saturated rings. The van der Waals surface area contributed by atoms with Crippen LogP contribution in [0.4, 0.5) is 4.79 Å². The molecule has 1 aliphatic carbocycles. The highest BCUT2D eigenvalue weighted by atomic mass is 32.1. The fourth-order valence-electron chi connectivity index (χ4n) is 2.67. The molecule has 21 heavy (non-hydrogen) atoms. The lowest BCUT2D eigenvalue weighted by Gasteiger charge is -2.20. The third-order valence-corrected chi connectivity index (χ3v) is 3.94. The molecule has 0 aliphatic heterocycles. The molecule has 2 aromatic rings. The molecule has 0 spiro atoms. The number of hydrogen-bond acceptors (Lipinski definition) is 3. The van der Waals surface area contributed by atoms with Gasteiger partial charge >= 0.3 is 6.09 Å². The second-order valence-corrected chi connectivity index (χ2v) is 5.53. The van der Waals surface area contributed by atoms with Crippen molar-refractivity contribution in [3.63, 3.8) is 0 Å². The van der Waals surface area contributed by atoms with Crippen molar-refractivity contribution in [3.8, 4) is 11.1 Å². The van der Waals surface area contributed by atoms with Gasteiger partial charge in [-0.2, -0.15) is 12.6 Å². The van der Waals surface area contributed by atoms with E-state index in [0.29, 0.717) is 12.3 Å². The zero-order valence-corrected chi connectivity index (χ0v) is 12.7. The van der Waals surface area contributed by atoms with Crippen molar-refractivity contribution in [2.24, 2.45) is 0 Å². The standard InChI is InChI=1S/C17H17NO2S/c1-18(10-11-21)17(19)20-16-14-8-4-2-6-12(14)13-7-3-5-9-15(13)16/h2-9,16,21H,10-11H2,1H3. The summed E-state index contributed by atoms with van der Waals surface area (Å²) in [5.74, 6) is 0.615. The number of amides is 1. The third kappa shape index (κ3) is 2.51. The molecule has 0 saturated carbocycles. The average molecular weight is 299 g/mol. The maximum Gasteiger partial charge on any atom is 0.410 e. The minimum Gasteiger partial charge on any atom is -0.436 e. The van der Waals surface area contributed by atoms with E-state index >= 15 is 0 Å². The number of benzene rings is 2. The van der Waals surface area contributed by atoms with Gasteiger partial charge in [0.15, 0.2) is 6.10 Å². The van der Waals surface area contributed by atoms with Gasteiger partial charge in [-0.25, -0.2) is 4.79 Å². The maximum absolute atomic E-state index is 12.2. The zero-order valence-electron chi connectivity index (χ0n) is 11.8. The van der Waals surface area contributed by atoms with Crippen LogP contribution >= 0.6 is 12.6 Å². The van der Waals surface area contributed by atoms with Crippen LogP contribution < -0.4 is 0 Å². The minimum atomic E-state index is -0.327. The van der Waals surface area contributed by atoms with Crippen molar-refractivity contribution >= 4 is 18.7 Å². The first kappa shape index (κ1) is 14.0. The van der Waals surface area contributed by atoms with Crippen LogP contribution in [0.3, 0.4) is 0 Å². The first-order valence-corrected chi connectivity index (χ1v) is 7.56. The molecule has 4 heteroatoms. The highest BCUT2D eigenvalue weighted by Gasteiger charge is 2.31. The van der Waals surface area contributed by atoms with E-state index < -0.39 is 0 Å². The van der Waals surface area contributed by atoms with E-state index in [1.807, 2.05) is 36.4 Å². The number of hydrogen-bond donors (Lipinski definition) is 1. The van der Waals surface area contributed by atoms with Crippen molar-refractivity contribution < 1.29 is 9.53 Å². The molecule has 0 unspecified atom stereocenters. The zero-order chi connectivity index (χ0) is 14.8. The molecule has 3 nitrogen and oxygen atoms in total. The number of fused-ring (bicyclic) bond motifs is 3. The van der Waals surface area contributed by atoms with Crippen LogP contribution in [0.2, 0.25) is 0 Å². The summed E-state index contributed by atoms with van der Waals surface area (Å²) < 4.78 is 5.73. The van der Waals surface area contributed by atoms with E-state index in [2.05, 4.69) is 24.8 Å². The number of rotatable bonds is 3. The molecule has 1 aliphatic rings. The number of carbonyl (C=O) groups excluding carboxylic acids is 1. The number of nitrogens with zero attached hydrogens (tertiary/aromatic N) is 1. The van der Waals surface area contributed by atoms with Gasteiger partial charge in [0.2, 0.25) is 0 Å². The Morgan fingerprint density at radius 1 is 1.10 bits per heavy atom. The Morgan fingerprint density at radius 2 is 1.62 bits per heavy atom. The molecule has 0 radical (unpaired) electrons. The fourth-order valence-corrected chi connectivity index (χ4v) is 2.97. The van der Waals surface area contributed by atoms with E-state index in [1.165, 1.54) is 0 Å². The molecular formula is C17H17NO2S. The lowest BCUT2D eigenvalue weighted by Crippen LogP contribution is -2.30. The van der Waals surface area contributed by atoms with Gasteiger partial charge in [-0.3, -0.25) is 0 Å². The summed E-state index contributed by atoms with van der Waals surface area (Å²) in [5, 5.41) is 0. The quantitative estimate of drug-likeness (QED) is 0.875. The van der Waals surface area contributed by atoms with Crippen LogP contribution in [-0.4, -0.2) is 30.3 Å². The Morgan fingerprint density at radius 3 is 2.14 bits per heavy atom. The number of carbonyl (C=O) groups is 1. The predicted molar refractivity (Wildman–Crippen MR) is 86.7 cm³/mol. The lowest BCUT2D eigenvalue weighted by molar-refractivity contribution is 0.0879. The Hall–Kier alpha value is -1.94. The SMILES string of the molecule is CN(CCS)C(=O)OC1c2ccccc2-c2ccccc21. The van der Waals surface area contributed by atoms with Crippen molar-refractivity contribution in [2.45, 2.75) is 6.10 Å². The average Bonchev–Trinajstić information content (AvgIpc) is 2.82. The Labute approximate surface area is 129 Å². The van der Waals surface area contributed by atoms with Crippen LogP contribution in [0.5, 0.6) is 0 Å². The fraction of sp³-hybridized carbons (Fsp3) is 0.235. The molecule has 3 rings (SSSR count). The summed E-state index contributed by atoms with van der Waals surface area (Å²) in [4.78, 5) is 13.7. The van der Waals surface area contributed by atoms with Crippen molar-refractivity contribution in [3.05, 3.63) is 59.7 Å². The van der Waals surface area contributed by atoms with Gasteiger partial charge in [0.05, 0.1) is 0 Å². The molecule has 108 valence electrons.